The smallest absolute Gasteiger partial charge is 0.253 e. The molecule has 0 fully saturated rings. The molecule has 1 unspecified atom stereocenters. The van der Waals surface area contributed by atoms with Gasteiger partial charge in [0, 0.05) is 39.3 Å². The van der Waals surface area contributed by atoms with Crippen molar-refractivity contribution in [1.82, 2.24) is 10.3 Å². The van der Waals surface area contributed by atoms with Crippen LogP contribution in [0.5, 0.6) is 0 Å². The summed E-state index contributed by atoms with van der Waals surface area (Å²) in [5.41, 5.74) is 3.31. The molecule has 2 aromatic carbocycles. The van der Waals surface area contributed by atoms with E-state index in [-0.39, 0.29) is 17.8 Å². The molecule has 1 aliphatic heterocycles. The maximum Gasteiger partial charge on any atom is 0.253 e. The number of para-hydroxylation sites is 1. The van der Waals surface area contributed by atoms with Gasteiger partial charge in [0.05, 0.1) is 12.1 Å². The summed E-state index contributed by atoms with van der Waals surface area (Å²) in [6.45, 7) is 3.31. The summed E-state index contributed by atoms with van der Waals surface area (Å²) in [7, 11) is 0. The first-order valence-corrected chi connectivity index (χ1v) is 8.92. The van der Waals surface area contributed by atoms with Crippen molar-refractivity contribution >= 4 is 38.4 Å². The van der Waals surface area contributed by atoms with E-state index >= 15 is 0 Å². The molecule has 0 saturated heterocycles. The molecule has 128 valence electrons. The summed E-state index contributed by atoms with van der Waals surface area (Å²) in [5, 5.41) is 3.96. The van der Waals surface area contributed by atoms with E-state index in [1.54, 1.807) is 0 Å². The van der Waals surface area contributed by atoms with Gasteiger partial charge >= 0.3 is 0 Å². The lowest BCUT2D eigenvalue weighted by Crippen LogP contribution is -2.38. The fourth-order valence-corrected chi connectivity index (χ4v) is 3.92. The minimum absolute atomic E-state index is 0.0356. The molecule has 6 heteroatoms. The van der Waals surface area contributed by atoms with Gasteiger partial charge in [0.25, 0.3) is 5.91 Å². The molecule has 0 spiro atoms. The quantitative estimate of drug-likeness (QED) is 0.675. The van der Waals surface area contributed by atoms with Crippen molar-refractivity contribution in [2.45, 2.75) is 19.5 Å². The first-order valence-electron chi connectivity index (χ1n) is 8.13. The number of benzene rings is 2. The molecule has 4 nitrogen and oxygen atoms in total. The second kappa shape index (κ2) is 6.19. The number of rotatable bonds is 2. The van der Waals surface area contributed by atoms with Crippen LogP contribution in [-0.2, 0) is 6.54 Å². The largest absolute Gasteiger partial charge is 0.363 e. The predicted octanol–water partition coefficient (Wildman–Crippen LogP) is 4.21. The first kappa shape index (κ1) is 16.1. The van der Waals surface area contributed by atoms with Crippen LogP contribution in [0.4, 0.5) is 10.1 Å². The Balaban J connectivity index is 1.73. The Morgan fingerprint density at radius 1 is 1.28 bits per heavy atom. The van der Waals surface area contributed by atoms with E-state index in [0.717, 1.165) is 26.8 Å². The summed E-state index contributed by atoms with van der Waals surface area (Å²) in [5.74, 6) is -0.330. The molecular formula is C19H17BrFN3O. The Labute approximate surface area is 153 Å². The van der Waals surface area contributed by atoms with Crippen LogP contribution in [-0.4, -0.2) is 23.5 Å². The summed E-state index contributed by atoms with van der Waals surface area (Å²) in [6.07, 6.45) is 0. The van der Waals surface area contributed by atoms with Crippen molar-refractivity contribution < 1.29 is 9.18 Å². The summed E-state index contributed by atoms with van der Waals surface area (Å²) >= 11 is 3.41. The van der Waals surface area contributed by atoms with Gasteiger partial charge in [-0.2, -0.15) is 0 Å². The van der Waals surface area contributed by atoms with Gasteiger partial charge in [0.15, 0.2) is 0 Å². The molecular weight excluding hydrogens is 385 g/mol. The second-order valence-corrected chi connectivity index (χ2v) is 7.27. The number of H-pyrrole nitrogens is 1. The zero-order valence-corrected chi connectivity index (χ0v) is 15.2. The molecule has 2 N–H and O–H groups in total. The fourth-order valence-electron chi connectivity index (χ4n) is 3.38. The molecule has 0 aliphatic carbocycles. The average Bonchev–Trinajstić information content (AvgIpc) is 2.91. The average molecular weight is 402 g/mol. The highest BCUT2D eigenvalue weighted by Gasteiger charge is 2.24. The zero-order chi connectivity index (χ0) is 17.6. The molecule has 1 aliphatic rings. The van der Waals surface area contributed by atoms with Crippen LogP contribution in [0, 0.1) is 5.82 Å². The maximum absolute atomic E-state index is 13.6. The van der Waals surface area contributed by atoms with Gasteiger partial charge in [0.1, 0.15) is 5.82 Å². The van der Waals surface area contributed by atoms with Crippen molar-refractivity contribution in [1.29, 1.82) is 0 Å². The van der Waals surface area contributed by atoms with E-state index in [1.807, 2.05) is 37.3 Å². The van der Waals surface area contributed by atoms with Crippen molar-refractivity contribution in [3.8, 4) is 0 Å². The lowest BCUT2D eigenvalue weighted by atomic mass is 10.1. The Morgan fingerprint density at radius 2 is 2.08 bits per heavy atom. The molecule has 2 heterocycles. The van der Waals surface area contributed by atoms with E-state index in [9.17, 15) is 9.18 Å². The third kappa shape index (κ3) is 3.02. The summed E-state index contributed by atoms with van der Waals surface area (Å²) in [4.78, 5) is 17.8. The molecule has 25 heavy (non-hydrogen) atoms. The third-order valence-electron chi connectivity index (χ3n) is 4.43. The number of amides is 1. The van der Waals surface area contributed by atoms with Crippen LogP contribution in [0.25, 0.3) is 10.9 Å². The van der Waals surface area contributed by atoms with Gasteiger partial charge < -0.3 is 15.2 Å². The van der Waals surface area contributed by atoms with Gasteiger partial charge in [-0.25, -0.2) is 4.39 Å². The van der Waals surface area contributed by atoms with Crippen LogP contribution in [0.15, 0.2) is 46.9 Å². The number of aromatic amines is 1. The molecule has 1 aromatic heterocycles. The number of nitrogens with zero attached hydrogens (tertiary/aromatic N) is 1. The van der Waals surface area contributed by atoms with Crippen LogP contribution in [0.2, 0.25) is 0 Å². The number of hydrogen-bond donors (Lipinski definition) is 2. The molecule has 1 atom stereocenters. The predicted molar refractivity (Wildman–Crippen MR) is 100 cm³/mol. The fraction of sp³-hybridized carbons (Fsp3) is 0.211. The van der Waals surface area contributed by atoms with Crippen molar-refractivity contribution in [3.63, 3.8) is 0 Å². The van der Waals surface area contributed by atoms with Crippen molar-refractivity contribution in [2.75, 3.05) is 11.4 Å². The minimum Gasteiger partial charge on any atom is -0.363 e. The lowest BCUT2D eigenvalue weighted by Gasteiger charge is -2.25. The number of halogens is 2. The molecule has 0 saturated carbocycles. The molecule has 3 aromatic rings. The second-order valence-electron chi connectivity index (χ2n) is 6.42. The Morgan fingerprint density at radius 3 is 2.92 bits per heavy atom. The number of carbonyl (C=O) groups excluding carboxylic acids is 1. The number of anilines is 1. The highest BCUT2D eigenvalue weighted by atomic mass is 79.9. The number of fused-ring (bicyclic) bond motifs is 2. The van der Waals surface area contributed by atoms with E-state index < -0.39 is 0 Å². The number of nitrogens with one attached hydrogen (secondary N) is 2. The lowest BCUT2D eigenvalue weighted by molar-refractivity contribution is 0.0945. The van der Waals surface area contributed by atoms with Gasteiger partial charge in [-0.1, -0.05) is 12.1 Å². The minimum atomic E-state index is -0.281. The SMILES string of the molecule is CC1CN(Cc2cc3c(Br)cc(F)cc3[nH]2)c2ccccc2C(=O)N1. The number of hydrogen-bond acceptors (Lipinski definition) is 2. The topological polar surface area (TPSA) is 48.1 Å². The highest BCUT2D eigenvalue weighted by molar-refractivity contribution is 9.10. The van der Waals surface area contributed by atoms with Crippen LogP contribution >= 0.6 is 15.9 Å². The Bertz CT molecular complexity index is 968. The third-order valence-corrected chi connectivity index (χ3v) is 5.09. The van der Waals surface area contributed by atoms with Gasteiger partial charge in [-0.05, 0) is 53.2 Å². The van der Waals surface area contributed by atoms with E-state index in [1.165, 1.54) is 12.1 Å². The van der Waals surface area contributed by atoms with E-state index in [4.69, 9.17) is 0 Å². The molecule has 0 bridgehead atoms. The van der Waals surface area contributed by atoms with Crippen LogP contribution in [0.1, 0.15) is 23.0 Å². The van der Waals surface area contributed by atoms with Crippen LogP contribution in [0.3, 0.4) is 0 Å². The van der Waals surface area contributed by atoms with Gasteiger partial charge in [-0.15, -0.1) is 0 Å². The molecule has 0 radical (unpaired) electrons. The summed E-state index contributed by atoms with van der Waals surface area (Å²) in [6, 6.07) is 12.6. The molecule has 4 rings (SSSR count). The maximum atomic E-state index is 13.6. The van der Waals surface area contributed by atoms with Gasteiger partial charge in [0.2, 0.25) is 0 Å². The monoisotopic (exact) mass is 401 g/mol. The van der Waals surface area contributed by atoms with Crippen molar-refractivity contribution in [2.24, 2.45) is 0 Å². The van der Waals surface area contributed by atoms with Crippen LogP contribution < -0.4 is 10.2 Å². The highest BCUT2D eigenvalue weighted by Crippen LogP contribution is 2.29. The Hall–Kier alpha value is -2.34. The summed E-state index contributed by atoms with van der Waals surface area (Å²) < 4.78 is 14.3. The van der Waals surface area contributed by atoms with E-state index in [0.29, 0.717) is 18.7 Å². The Kier molecular flexibility index (Phi) is 4.00. The van der Waals surface area contributed by atoms with E-state index in [2.05, 4.69) is 31.1 Å². The zero-order valence-electron chi connectivity index (χ0n) is 13.6. The van der Waals surface area contributed by atoms with Crippen molar-refractivity contribution in [3.05, 3.63) is 64.0 Å². The standard InChI is InChI=1S/C19H17BrFN3O/c1-11-9-24(18-5-3-2-4-14(18)19(25)22-11)10-13-8-15-16(20)6-12(21)7-17(15)23-13/h2-8,11,23H,9-10H2,1H3,(H,22,25). The van der Waals surface area contributed by atoms with Gasteiger partial charge in [-0.3, -0.25) is 4.79 Å². The normalized spacial score (nSPS) is 17.3. The number of carbonyl (C=O) groups is 1. The molecule has 1 amide bonds. The number of aromatic nitrogens is 1. The first-order chi connectivity index (χ1) is 12.0.